The minimum absolute atomic E-state index is 0.692. The molecule has 2 heterocycles. The van der Waals surface area contributed by atoms with Crippen molar-refractivity contribution in [3.8, 4) is 0 Å². The number of nitrogens with one attached hydrogen (secondary N) is 1. The van der Waals surface area contributed by atoms with E-state index < -0.39 is 0 Å². The zero-order valence-corrected chi connectivity index (χ0v) is 12.8. The molecule has 1 aliphatic heterocycles. The summed E-state index contributed by atoms with van der Waals surface area (Å²) in [7, 11) is 4.26. The van der Waals surface area contributed by atoms with Crippen LogP contribution < -0.4 is 5.32 Å². The van der Waals surface area contributed by atoms with Crippen LogP contribution in [0.5, 0.6) is 0 Å². The lowest BCUT2D eigenvalue weighted by molar-refractivity contribution is 0.237. The Morgan fingerprint density at radius 3 is 2.85 bits per heavy atom. The van der Waals surface area contributed by atoms with E-state index in [0.29, 0.717) is 6.04 Å². The number of aryl methyl sites for hydroxylation is 2. The first kappa shape index (κ1) is 13.7. The predicted octanol–water partition coefficient (Wildman–Crippen LogP) is 2.67. The molecule has 0 saturated carbocycles. The number of nitrogens with zero attached hydrogens (tertiary/aromatic N) is 2. The third-order valence-electron chi connectivity index (χ3n) is 4.80. The van der Waals surface area contributed by atoms with Gasteiger partial charge in [-0.05, 0) is 45.0 Å². The highest BCUT2D eigenvalue weighted by Crippen LogP contribution is 2.27. The molecule has 1 saturated heterocycles. The Labute approximate surface area is 121 Å². The van der Waals surface area contributed by atoms with E-state index in [1.807, 2.05) is 0 Å². The van der Waals surface area contributed by atoms with Crippen molar-refractivity contribution in [3.05, 3.63) is 35.5 Å². The average Bonchev–Trinajstić information content (AvgIpc) is 2.99. The third kappa shape index (κ3) is 2.25. The molecule has 20 heavy (non-hydrogen) atoms. The molecule has 1 aliphatic rings. The lowest BCUT2D eigenvalue weighted by atomic mass is 10.1. The average molecular weight is 271 g/mol. The van der Waals surface area contributed by atoms with Gasteiger partial charge in [0.15, 0.2) is 0 Å². The predicted molar refractivity (Wildman–Crippen MR) is 85.0 cm³/mol. The van der Waals surface area contributed by atoms with Gasteiger partial charge in [-0.2, -0.15) is 0 Å². The van der Waals surface area contributed by atoms with Crippen LogP contribution in [0.4, 0.5) is 0 Å². The third-order valence-corrected chi connectivity index (χ3v) is 4.80. The number of aromatic nitrogens is 1. The molecule has 2 aromatic rings. The number of likely N-dealkylation sites (N-methyl/N-ethyl adjacent to an activating group) is 1. The summed E-state index contributed by atoms with van der Waals surface area (Å²) in [6, 6.07) is 9.42. The number of hydrogen-bond acceptors (Lipinski definition) is 2. The first-order valence-corrected chi connectivity index (χ1v) is 7.64. The van der Waals surface area contributed by atoms with E-state index in [4.69, 9.17) is 0 Å². The van der Waals surface area contributed by atoms with Gasteiger partial charge in [0, 0.05) is 42.8 Å². The van der Waals surface area contributed by atoms with Crippen molar-refractivity contribution in [1.29, 1.82) is 0 Å². The smallest absolute Gasteiger partial charge is 0.0483 e. The molecule has 3 heteroatoms. The summed E-state index contributed by atoms with van der Waals surface area (Å²) in [6.07, 6.45) is 2.65. The second-order valence-corrected chi connectivity index (χ2v) is 5.97. The second kappa shape index (κ2) is 5.58. The highest BCUT2D eigenvalue weighted by Gasteiger charge is 2.25. The van der Waals surface area contributed by atoms with Gasteiger partial charge in [-0.15, -0.1) is 0 Å². The molecule has 1 aromatic carbocycles. The Kier molecular flexibility index (Phi) is 3.81. The fourth-order valence-corrected chi connectivity index (χ4v) is 3.62. The Balaban J connectivity index is 1.91. The number of rotatable bonds is 4. The number of para-hydroxylation sites is 1. The maximum absolute atomic E-state index is 3.33. The number of benzene rings is 1. The van der Waals surface area contributed by atoms with Crippen LogP contribution in [0, 0.1) is 6.92 Å². The molecule has 0 aliphatic carbocycles. The van der Waals surface area contributed by atoms with Gasteiger partial charge < -0.3 is 9.88 Å². The van der Waals surface area contributed by atoms with E-state index in [0.717, 1.165) is 13.1 Å². The van der Waals surface area contributed by atoms with Crippen molar-refractivity contribution in [2.24, 2.45) is 7.05 Å². The van der Waals surface area contributed by atoms with Crippen molar-refractivity contribution in [1.82, 2.24) is 14.8 Å². The maximum atomic E-state index is 3.33. The summed E-state index contributed by atoms with van der Waals surface area (Å²) in [5, 5.41) is 4.73. The normalized spacial score (nSPS) is 20.1. The summed E-state index contributed by atoms with van der Waals surface area (Å²) in [5.74, 6) is 0. The van der Waals surface area contributed by atoms with Crippen LogP contribution >= 0.6 is 0 Å². The van der Waals surface area contributed by atoms with Crippen molar-refractivity contribution in [2.45, 2.75) is 32.4 Å². The molecule has 1 unspecified atom stereocenters. The number of likely N-dealkylation sites (tertiary alicyclic amines) is 1. The molecule has 0 spiro atoms. The molecule has 1 aromatic heterocycles. The zero-order valence-electron chi connectivity index (χ0n) is 12.8. The topological polar surface area (TPSA) is 20.2 Å². The summed E-state index contributed by atoms with van der Waals surface area (Å²) in [4.78, 5) is 2.64. The highest BCUT2D eigenvalue weighted by molar-refractivity contribution is 5.85. The molecule has 1 fully saturated rings. The first-order chi connectivity index (χ1) is 9.72. The van der Waals surface area contributed by atoms with Gasteiger partial charge in [-0.3, -0.25) is 4.90 Å². The monoisotopic (exact) mass is 271 g/mol. The fraction of sp³-hybridized carbons (Fsp3) is 0.529. The Morgan fingerprint density at radius 1 is 1.30 bits per heavy atom. The minimum Gasteiger partial charge on any atom is -0.346 e. The van der Waals surface area contributed by atoms with Gasteiger partial charge in [-0.1, -0.05) is 18.2 Å². The molecule has 3 nitrogen and oxygen atoms in total. The summed E-state index contributed by atoms with van der Waals surface area (Å²) in [6.45, 7) is 5.67. The van der Waals surface area contributed by atoms with E-state index in [2.05, 4.69) is 60.1 Å². The van der Waals surface area contributed by atoms with Crippen LogP contribution in [-0.4, -0.2) is 35.6 Å². The molecule has 3 rings (SSSR count). The van der Waals surface area contributed by atoms with Gasteiger partial charge in [0.25, 0.3) is 0 Å². The molecular formula is C17H25N3. The van der Waals surface area contributed by atoms with E-state index in [9.17, 15) is 0 Å². The Bertz CT molecular complexity index is 561. The molecule has 1 N–H and O–H groups in total. The van der Waals surface area contributed by atoms with Crippen LogP contribution in [0.3, 0.4) is 0 Å². The van der Waals surface area contributed by atoms with E-state index in [1.54, 1.807) is 0 Å². The molecule has 0 amide bonds. The second-order valence-electron chi connectivity index (χ2n) is 5.97. The molecule has 108 valence electrons. The van der Waals surface area contributed by atoms with Crippen LogP contribution in [0.2, 0.25) is 0 Å². The number of hydrogen-bond donors (Lipinski definition) is 1. The summed E-state index contributed by atoms with van der Waals surface area (Å²) >= 11 is 0. The van der Waals surface area contributed by atoms with E-state index in [-0.39, 0.29) is 0 Å². The van der Waals surface area contributed by atoms with Gasteiger partial charge >= 0.3 is 0 Å². The van der Waals surface area contributed by atoms with Gasteiger partial charge in [0.05, 0.1) is 0 Å². The van der Waals surface area contributed by atoms with Gasteiger partial charge in [0.1, 0.15) is 0 Å². The van der Waals surface area contributed by atoms with Crippen LogP contribution in [0.25, 0.3) is 10.9 Å². The number of fused-ring (bicyclic) bond motifs is 1. The van der Waals surface area contributed by atoms with Crippen molar-refractivity contribution >= 4 is 10.9 Å². The highest BCUT2D eigenvalue weighted by atomic mass is 15.2. The van der Waals surface area contributed by atoms with Crippen LogP contribution in [-0.2, 0) is 13.6 Å². The summed E-state index contributed by atoms with van der Waals surface area (Å²) in [5.41, 5.74) is 4.26. The zero-order chi connectivity index (χ0) is 14.1. The summed E-state index contributed by atoms with van der Waals surface area (Å²) < 4.78 is 2.37. The molecule has 0 radical (unpaired) electrons. The van der Waals surface area contributed by atoms with Crippen molar-refractivity contribution < 1.29 is 0 Å². The quantitative estimate of drug-likeness (QED) is 0.922. The SMILES string of the molecule is CNCC1CCCN1Cc1c(C)c2ccccc2n1C. The lowest BCUT2D eigenvalue weighted by Gasteiger charge is -2.25. The van der Waals surface area contributed by atoms with Crippen molar-refractivity contribution in [2.75, 3.05) is 20.1 Å². The first-order valence-electron chi connectivity index (χ1n) is 7.64. The van der Waals surface area contributed by atoms with Gasteiger partial charge in [-0.25, -0.2) is 0 Å². The largest absolute Gasteiger partial charge is 0.346 e. The molecule has 1 atom stereocenters. The maximum Gasteiger partial charge on any atom is 0.0483 e. The van der Waals surface area contributed by atoms with E-state index >= 15 is 0 Å². The molecular weight excluding hydrogens is 246 g/mol. The van der Waals surface area contributed by atoms with Crippen molar-refractivity contribution in [3.63, 3.8) is 0 Å². The van der Waals surface area contributed by atoms with Gasteiger partial charge in [0.2, 0.25) is 0 Å². The van der Waals surface area contributed by atoms with Crippen LogP contribution in [0.1, 0.15) is 24.1 Å². The molecule has 0 bridgehead atoms. The lowest BCUT2D eigenvalue weighted by Crippen LogP contribution is -2.36. The standard InChI is InChI=1S/C17H25N3/c1-13-15-8-4-5-9-16(15)19(3)17(13)12-20-10-6-7-14(20)11-18-2/h4-5,8-9,14,18H,6-7,10-12H2,1-3H3. The van der Waals surface area contributed by atoms with E-state index in [1.165, 1.54) is 41.5 Å². The van der Waals surface area contributed by atoms with Crippen LogP contribution in [0.15, 0.2) is 24.3 Å². The Hall–Kier alpha value is -1.32. The Morgan fingerprint density at radius 2 is 2.10 bits per heavy atom. The minimum atomic E-state index is 0.692. The fourth-order valence-electron chi connectivity index (χ4n) is 3.62.